The Bertz CT molecular complexity index is 694. The number of aliphatic carboxylic acids is 1. The summed E-state index contributed by atoms with van der Waals surface area (Å²) in [5, 5.41) is 12.0. The number of likely N-dealkylation sites (tertiary alicyclic amines) is 1. The summed E-state index contributed by atoms with van der Waals surface area (Å²) in [6.07, 6.45) is -5.31. The number of nitrogens with zero attached hydrogens (tertiary/aromatic N) is 1. The van der Waals surface area contributed by atoms with Crippen LogP contribution >= 0.6 is 11.6 Å². The van der Waals surface area contributed by atoms with Crippen LogP contribution in [0.15, 0.2) is 24.3 Å². The third-order valence-corrected chi connectivity index (χ3v) is 4.18. The molecule has 6 nitrogen and oxygen atoms in total. The second-order valence-corrected chi connectivity index (χ2v) is 6.44. The SMILES string of the molecule is O=C(O)C[C@H](NC(=O)C1CC(=O)N(CC(F)(F)F)C1)c1ccc(Cl)cc1. The van der Waals surface area contributed by atoms with Gasteiger partial charge in [0.05, 0.1) is 18.4 Å². The molecule has 10 heteroatoms. The van der Waals surface area contributed by atoms with Gasteiger partial charge in [-0.25, -0.2) is 0 Å². The number of alkyl halides is 3. The number of nitrogens with one attached hydrogen (secondary N) is 1. The molecule has 1 aliphatic heterocycles. The Morgan fingerprint density at radius 3 is 2.46 bits per heavy atom. The smallest absolute Gasteiger partial charge is 0.406 e. The summed E-state index contributed by atoms with van der Waals surface area (Å²) in [6.45, 7) is -1.77. The fourth-order valence-electron chi connectivity index (χ4n) is 2.73. The second kappa shape index (κ2) is 7.94. The van der Waals surface area contributed by atoms with E-state index >= 15 is 0 Å². The van der Waals surface area contributed by atoms with E-state index in [4.69, 9.17) is 16.7 Å². The van der Waals surface area contributed by atoms with Crippen LogP contribution in [0.2, 0.25) is 5.02 Å². The number of amides is 2. The van der Waals surface area contributed by atoms with E-state index in [2.05, 4.69) is 5.32 Å². The predicted octanol–water partition coefficient (Wildman–Crippen LogP) is 2.38. The number of carbonyl (C=O) groups is 3. The molecule has 26 heavy (non-hydrogen) atoms. The van der Waals surface area contributed by atoms with E-state index in [0.717, 1.165) is 0 Å². The molecular weight excluding hydrogens is 377 g/mol. The maximum Gasteiger partial charge on any atom is 0.406 e. The third-order valence-electron chi connectivity index (χ3n) is 3.92. The van der Waals surface area contributed by atoms with Gasteiger partial charge in [0.1, 0.15) is 6.54 Å². The zero-order valence-corrected chi connectivity index (χ0v) is 14.2. The van der Waals surface area contributed by atoms with Crippen molar-refractivity contribution >= 4 is 29.4 Å². The number of halogens is 4. The normalized spacial score (nSPS) is 18.7. The highest BCUT2D eigenvalue weighted by molar-refractivity contribution is 6.30. The topological polar surface area (TPSA) is 86.7 Å². The van der Waals surface area contributed by atoms with Crippen molar-refractivity contribution in [1.82, 2.24) is 10.2 Å². The molecule has 0 aliphatic carbocycles. The molecule has 1 unspecified atom stereocenters. The molecular formula is C16H16ClF3N2O4. The fourth-order valence-corrected chi connectivity index (χ4v) is 2.85. The van der Waals surface area contributed by atoms with Crippen molar-refractivity contribution in [2.75, 3.05) is 13.1 Å². The average molecular weight is 393 g/mol. The zero-order chi connectivity index (χ0) is 19.5. The van der Waals surface area contributed by atoms with Gasteiger partial charge in [0.25, 0.3) is 0 Å². The molecule has 2 rings (SSSR count). The Balaban J connectivity index is 2.06. The lowest BCUT2D eigenvalue weighted by molar-refractivity contribution is -0.157. The molecule has 1 aromatic carbocycles. The Hall–Kier alpha value is -2.29. The minimum absolute atomic E-state index is 0.345. The molecule has 0 radical (unpaired) electrons. The van der Waals surface area contributed by atoms with Gasteiger partial charge in [0.15, 0.2) is 0 Å². The van der Waals surface area contributed by atoms with Crippen molar-refractivity contribution in [1.29, 1.82) is 0 Å². The molecule has 1 heterocycles. The Labute approximate surface area is 151 Å². The van der Waals surface area contributed by atoms with Crippen LogP contribution < -0.4 is 5.32 Å². The van der Waals surface area contributed by atoms with E-state index in [9.17, 15) is 27.6 Å². The monoisotopic (exact) mass is 392 g/mol. The van der Waals surface area contributed by atoms with Gasteiger partial charge >= 0.3 is 12.1 Å². The van der Waals surface area contributed by atoms with Crippen molar-refractivity contribution in [3.05, 3.63) is 34.9 Å². The predicted molar refractivity (Wildman–Crippen MR) is 85.3 cm³/mol. The van der Waals surface area contributed by atoms with E-state index in [1.54, 1.807) is 12.1 Å². The van der Waals surface area contributed by atoms with E-state index in [1.165, 1.54) is 12.1 Å². The highest BCUT2D eigenvalue weighted by Gasteiger charge is 2.41. The number of hydrogen-bond acceptors (Lipinski definition) is 3. The average Bonchev–Trinajstić information content (AvgIpc) is 2.86. The molecule has 1 fully saturated rings. The van der Waals surface area contributed by atoms with Gasteiger partial charge in [-0.05, 0) is 17.7 Å². The number of carboxylic acids is 1. The van der Waals surface area contributed by atoms with Crippen molar-refractivity contribution in [2.45, 2.75) is 25.1 Å². The summed E-state index contributed by atoms with van der Waals surface area (Å²) >= 11 is 5.78. The Kier molecular flexibility index (Phi) is 6.12. The minimum Gasteiger partial charge on any atom is -0.481 e. The lowest BCUT2D eigenvalue weighted by Gasteiger charge is -2.21. The standard InChI is InChI=1S/C16H16ClF3N2O4/c17-11-3-1-9(2-4-11)12(6-14(24)25)21-15(26)10-5-13(23)22(7-10)8-16(18,19)20/h1-4,10,12H,5-8H2,(H,21,26)(H,24,25)/t10?,12-/m0/s1. The molecule has 1 saturated heterocycles. The minimum atomic E-state index is -4.55. The van der Waals surface area contributed by atoms with Crippen molar-refractivity contribution < 1.29 is 32.7 Å². The van der Waals surface area contributed by atoms with Gasteiger partial charge in [-0.2, -0.15) is 13.2 Å². The molecule has 0 aromatic heterocycles. The molecule has 2 amide bonds. The van der Waals surface area contributed by atoms with Crippen LogP contribution in [0, 0.1) is 5.92 Å². The maximum absolute atomic E-state index is 12.4. The number of carbonyl (C=O) groups excluding carboxylic acids is 2. The quantitative estimate of drug-likeness (QED) is 0.778. The first-order valence-corrected chi connectivity index (χ1v) is 8.05. The number of benzene rings is 1. The fraction of sp³-hybridized carbons (Fsp3) is 0.438. The van der Waals surface area contributed by atoms with Gasteiger partial charge in [0.2, 0.25) is 11.8 Å². The number of rotatable bonds is 6. The Morgan fingerprint density at radius 2 is 1.92 bits per heavy atom. The van der Waals surface area contributed by atoms with Crippen LogP contribution in [0.5, 0.6) is 0 Å². The van der Waals surface area contributed by atoms with E-state index in [-0.39, 0.29) is 13.0 Å². The van der Waals surface area contributed by atoms with Crippen LogP contribution in [0.4, 0.5) is 13.2 Å². The van der Waals surface area contributed by atoms with Gasteiger partial charge in [-0.3, -0.25) is 14.4 Å². The third kappa shape index (κ3) is 5.62. The first-order chi connectivity index (χ1) is 12.0. The molecule has 1 aliphatic rings. The van der Waals surface area contributed by atoms with Crippen molar-refractivity contribution in [3.63, 3.8) is 0 Å². The van der Waals surface area contributed by atoms with Gasteiger partial charge in [-0.1, -0.05) is 23.7 Å². The van der Waals surface area contributed by atoms with Crippen molar-refractivity contribution in [2.24, 2.45) is 5.92 Å². The number of carboxylic acid groups (broad SMARTS) is 1. The summed E-state index contributed by atoms with van der Waals surface area (Å²) < 4.78 is 37.3. The van der Waals surface area contributed by atoms with E-state index in [0.29, 0.717) is 15.5 Å². The van der Waals surface area contributed by atoms with E-state index < -0.39 is 48.9 Å². The molecule has 2 N–H and O–H groups in total. The summed E-state index contributed by atoms with van der Waals surface area (Å²) in [7, 11) is 0. The molecule has 1 aromatic rings. The van der Waals surface area contributed by atoms with Crippen LogP contribution in [0.25, 0.3) is 0 Å². The van der Waals surface area contributed by atoms with Crippen LogP contribution in [-0.4, -0.2) is 47.1 Å². The Morgan fingerprint density at radius 1 is 1.31 bits per heavy atom. The molecule has 0 spiro atoms. The lowest BCUT2D eigenvalue weighted by Crippen LogP contribution is -2.38. The highest BCUT2D eigenvalue weighted by Crippen LogP contribution is 2.25. The first kappa shape index (κ1) is 20.0. The van der Waals surface area contributed by atoms with Crippen LogP contribution in [0.3, 0.4) is 0 Å². The largest absolute Gasteiger partial charge is 0.481 e. The molecule has 0 saturated carbocycles. The molecule has 2 atom stereocenters. The van der Waals surface area contributed by atoms with Gasteiger partial charge < -0.3 is 15.3 Å². The van der Waals surface area contributed by atoms with Gasteiger partial charge in [0, 0.05) is 18.0 Å². The summed E-state index contributed by atoms with van der Waals surface area (Å²) in [5.41, 5.74) is 0.488. The second-order valence-electron chi connectivity index (χ2n) is 6.00. The summed E-state index contributed by atoms with van der Waals surface area (Å²) in [5.74, 6) is -3.55. The van der Waals surface area contributed by atoms with Crippen LogP contribution in [-0.2, 0) is 14.4 Å². The summed E-state index contributed by atoms with van der Waals surface area (Å²) in [6, 6.07) is 5.27. The van der Waals surface area contributed by atoms with Crippen molar-refractivity contribution in [3.8, 4) is 0 Å². The van der Waals surface area contributed by atoms with E-state index in [1.807, 2.05) is 0 Å². The molecule has 142 valence electrons. The van der Waals surface area contributed by atoms with Gasteiger partial charge in [-0.15, -0.1) is 0 Å². The highest BCUT2D eigenvalue weighted by atomic mass is 35.5. The maximum atomic E-state index is 12.4. The zero-order valence-electron chi connectivity index (χ0n) is 13.4. The van der Waals surface area contributed by atoms with Crippen LogP contribution in [0.1, 0.15) is 24.4 Å². The summed E-state index contributed by atoms with van der Waals surface area (Å²) in [4.78, 5) is 35.6. The number of hydrogen-bond donors (Lipinski definition) is 2. The molecule has 0 bridgehead atoms. The first-order valence-electron chi connectivity index (χ1n) is 7.67. The lowest BCUT2D eigenvalue weighted by atomic mass is 10.0.